The van der Waals surface area contributed by atoms with E-state index in [0.29, 0.717) is 22.2 Å². The summed E-state index contributed by atoms with van der Waals surface area (Å²) in [5, 5.41) is 22.7. The molecule has 0 bridgehead atoms. The molecule has 3 N–H and O–H groups in total. The molecule has 12 nitrogen and oxygen atoms in total. The quantitative estimate of drug-likeness (QED) is 0.0992. The fourth-order valence-electron chi connectivity index (χ4n) is 4.26. The molecule has 43 heavy (non-hydrogen) atoms. The summed E-state index contributed by atoms with van der Waals surface area (Å²) in [6, 6.07) is 9.08. The fraction of sp³-hybridized carbons (Fsp3) is 0.414. The minimum atomic E-state index is -1.47. The Morgan fingerprint density at radius 2 is 1.33 bits per heavy atom. The minimum absolute atomic E-state index is 0.136. The maximum absolute atomic E-state index is 13.7. The second-order valence-corrected chi connectivity index (χ2v) is 9.25. The summed E-state index contributed by atoms with van der Waals surface area (Å²) in [5.41, 5.74) is 0.0599. The topological polar surface area (TPSA) is 166 Å². The number of aliphatic hydroxyl groups excluding tert-OH is 1. The summed E-state index contributed by atoms with van der Waals surface area (Å²) in [7, 11) is 0. The van der Waals surface area contributed by atoms with Crippen molar-refractivity contribution < 1.29 is 47.2 Å². The van der Waals surface area contributed by atoms with Gasteiger partial charge in [0.15, 0.2) is 12.2 Å². The van der Waals surface area contributed by atoms with Crippen LogP contribution in [0.3, 0.4) is 0 Å². The molecule has 2 atom stereocenters. The van der Waals surface area contributed by atoms with Gasteiger partial charge in [0.05, 0.1) is 41.6 Å². The van der Waals surface area contributed by atoms with Crippen LogP contribution in [0.2, 0.25) is 0 Å². The number of nitrogens with one attached hydrogen (secondary N) is 2. The van der Waals surface area contributed by atoms with Crippen molar-refractivity contribution in [2.24, 2.45) is 0 Å². The molecule has 0 spiro atoms. The van der Waals surface area contributed by atoms with Crippen LogP contribution in [-0.4, -0.2) is 76.1 Å². The zero-order valence-corrected chi connectivity index (χ0v) is 24.4. The number of H-pyrrole nitrogens is 2. The Morgan fingerprint density at radius 1 is 0.814 bits per heavy atom. The van der Waals surface area contributed by atoms with Crippen LogP contribution in [-0.2, 0) is 38.7 Å². The average Bonchev–Trinajstić information content (AvgIpc) is 3.55. The molecular formula is C29H34F2N4O8. The zero-order valence-electron chi connectivity index (χ0n) is 24.4. The number of aromatic nitrogens is 4. The van der Waals surface area contributed by atoms with Crippen LogP contribution in [0.25, 0.3) is 21.8 Å². The smallest absolute Gasteiger partial charge is 0.324 e. The van der Waals surface area contributed by atoms with Crippen LogP contribution in [0, 0.1) is 11.9 Å². The Balaban J connectivity index is 0.000000236. The van der Waals surface area contributed by atoms with Crippen LogP contribution in [0.15, 0.2) is 36.4 Å². The van der Waals surface area contributed by atoms with E-state index < -0.39 is 47.4 Å². The molecule has 0 radical (unpaired) electrons. The van der Waals surface area contributed by atoms with Crippen molar-refractivity contribution in [1.29, 1.82) is 0 Å². The second-order valence-electron chi connectivity index (χ2n) is 9.25. The monoisotopic (exact) mass is 604 g/mol. The standard InChI is InChI=1S/C15H19FN2O4.C14H15FN2O4/c1-4-21-13(19)15(3,14(20)22-5-2)9-6-7-11-10(8-9)12(16)18-17-11;1-3-20-13(18)11(14(19)21-4-2)8-5-6-10-9(7-8)12(15)17-16-10/h6-8,13,19H,4-5H2,1-3H3,(H,17,18);5-7,11H,3-4H2,1-2H3,(H,16,17). The summed E-state index contributed by atoms with van der Waals surface area (Å²) in [6.45, 7) is 8.81. The van der Waals surface area contributed by atoms with Gasteiger partial charge in [-0.3, -0.25) is 24.6 Å². The van der Waals surface area contributed by atoms with E-state index >= 15 is 0 Å². The Morgan fingerprint density at radius 3 is 1.84 bits per heavy atom. The predicted octanol–water partition coefficient (Wildman–Crippen LogP) is 3.79. The normalized spacial score (nSPS) is 13.2. The molecule has 2 heterocycles. The van der Waals surface area contributed by atoms with Crippen molar-refractivity contribution in [3.63, 3.8) is 0 Å². The van der Waals surface area contributed by atoms with Crippen LogP contribution in [0.4, 0.5) is 8.78 Å². The number of hydrogen-bond donors (Lipinski definition) is 3. The number of esters is 3. The number of carbonyl (C=O) groups excluding carboxylic acids is 3. The van der Waals surface area contributed by atoms with Crippen molar-refractivity contribution in [2.45, 2.75) is 52.2 Å². The van der Waals surface area contributed by atoms with Gasteiger partial charge in [0.1, 0.15) is 5.41 Å². The predicted molar refractivity (Wildman–Crippen MR) is 150 cm³/mol. The van der Waals surface area contributed by atoms with E-state index in [9.17, 15) is 28.3 Å². The van der Waals surface area contributed by atoms with Gasteiger partial charge < -0.3 is 24.1 Å². The van der Waals surface area contributed by atoms with Crippen LogP contribution in [0.1, 0.15) is 51.7 Å². The number of ether oxygens (including phenoxy) is 4. The fourth-order valence-corrected chi connectivity index (χ4v) is 4.26. The van der Waals surface area contributed by atoms with Crippen LogP contribution < -0.4 is 0 Å². The molecule has 232 valence electrons. The number of benzene rings is 2. The van der Waals surface area contributed by atoms with Gasteiger partial charge in [-0.15, -0.1) is 0 Å². The molecule has 2 unspecified atom stereocenters. The molecule has 0 fully saturated rings. The average molecular weight is 605 g/mol. The lowest BCUT2D eigenvalue weighted by atomic mass is 9.81. The van der Waals surface area contributed by atoms with Gasteiger partial charge in [-0.1, -0.05) is 12.1 Å². The zero-order chi connectivity index (χ0) is 31.7. The van der Waals surface area contributed by atoms with E-state index in [4.69, 9.17) is 18.9 Å². The molecule has 4 rings (SSSR count). The van der Waals surface area contributed by atoms with E-state index in [0.717, 1.165) is 0 Å². The number of fused-ring (bicyclic) bond motifs is 2. The summed E-state index contributed by atoms with van der Waals surface area (Å²) in [6.07, 6.45) is -1.41. The first kappa shape index (κ1) is 33.1. The van der Waals surface area contributed by atoms with Gasteiger partial charge in [-0.05, 0) is 70.0 Å². The summed E-state index contributed by atoms with van der Waals surface area (Å²) in [5.74, 6) is -4.55. The van der Waals surface area contributed by atoms with Crippen molar-refractivity contribution in [1.82, 2.24) is 20.4 Å². The molecular weight excluding hydrogens is 570 g/mol. The van der Waals surface area contributed by atoms with Gasteiger partial charge in [0.2, 0.25) is 11.9 Å². The largest absolute Gasteiger partial charge is 0.465 e. The Bertz CT molecular complexity index is 1550. The number of aromatic amines is 2. The highest BCUT2D eigenvalue weighted by Crippen LogP contribution is 2.33. The summed E-state index contributed by atoms with van der Waals surface area (Å²) in [4.78, 5) is 36.3. The SMILES string of the molecule is CCOC(=O)C(C(=O)OCC)c1ccc2n[nH]c(F)c2c1.CCOC(=O)C(C)(c1ccc2n[nH]c(F)c2c1)C(O)OCC. The van der Waals surface area contributed by atoms with Crippen molar-refractivity contribution in [3.8, 4) is 0 Å². The molecule has 0 aliphatic heterocycles. The number of carbonyl (C=O) groups is 3. The van der Waals surface area contributed by atoms with Crippen molar-refractivity contribution >= 4 is 39.7 Å². The highest BCUT2D eigenvalue weighted by Gasteiger charge is 2.45. The molecule has 2 aromatic carbocycles. The molecule has 4 aromatic rings. The Hall–Kier alpha value is -4.43. The molecule has 0 aliphatic carbocycles. The molecule has 0 saturated heterocycles. The van der Waals surface area contributed by atoms with E-state index in [1.165, 1.54) is 31.2 Å². The second kappa shape index (κ2) is 14.6. The van der Waals surface area contributed by atoms with Crippen molar-refractivity contribution in [2.75, 3.05) is 26.4 Å². The van der Waals surface area contributed by atoms with Crippen LogP contribution >= 0.6 is 0 Å². The number of halogens is 2. The van der Waals surface area contributed by atoms with Gasteiger partial charge in [0, 0.05) is 6.61 Å². The molecule has 2 aromatic heterocycles. The van der Waals surface area contributed by atoms with Gasteiger partial charge in [-0.25, -0.2) is 0 Å². The first-order chi connectivity index (χ1) is 20.5. The molecule has 0 amide bonds. The highest BCUT2D eigenvalue weighted by molar-refractivity contribution is 6.01. The maximum atomic E-state index is 13.7. The van der Waals surface area contributed by atoms with E-state index in [2.05, 4.69) is 20.4 Å². The number of hydrogen-bond acceptors (Lipinski definition) is 10. The summed E-state index contributed by atoms with van der Waals surface area (Å²) >= 11 is 0. The number of rotatable bonds is 11. The van der Waals surface area contributed by atoms with E-state index in [1.807, 2.05) is 0 Å². The minimum Gasteiger partial charge on any atom is -0.465 e. The third-order valence-corrected chi connectivity index (χ3v) is 6.53. The highest BCUT2D eigenvalue weighted by atomic mass is 19.1. The van der Waals surface area contributed by atoms with Crippen LogP contribution in [0.5, 0.6) is 0 Å². The summed E-state index contributed by atoms with van der Waals surface area (Å²) < 4.78 is 47.3. The molecule has 0 saturated carbocycles. The number of aliphatic hydroxyl groups is 1. The van der Waals surface area contributed by atoms with E-state index in [1.54, 1.807) is 39.8 Å². The lowest BCUT2D eigenvalue weighted by Gasteiger charge is -2.32. The number of nitrogens with zero attached hydrogens (tertiary/aromatic N) is 2. The lowest BCUT2D eigenvalue weighted by molar-refractivity contribution is -0.179. The molecule has 0 aliphatic rings. The maximum Gasteiger partial charge on any atom is 0.324 e. The van der Waals surface area contributed by atoms with Gasteiger partial charge in [0.25, 0.3) is 0 Å². The van der Waals surface area contributed by atoms with Crippen molar-refractivity contribution in [3.05, 3.63) is 59.4 Å². The lowest BCUT2D eigenvalue weighted by Crippen LogP contribution is -2.46. The van der Waals surface area contributed by atoms with Gasteiger partial charge >= 0.3 is 17.9 Å². The van der Waals surface area contributed by atoms with Gasteiger partial charge in [-0.2, -0.15) is 19.0 Å². The molecule has 14 heteroatoms. The third-order valence-electron chi connectivity index (χ3n) is 6.53. The third kappa shape index (κ3) is 7.14. The van der Waals surface area contributed by atoms with E-state index in [-0.39, 0.29) is 37.2 Å². The Kier molecular flexibility index (Phi) is 11.3. The first-order valence-corrected chi connectivity index (χ1v) is 13.6. The Labute approximate surface area is 245 Å². The first-order valence-electron chi connectivity index (χ1n) is 13.6.